The Morgan fingerprint density at radius 1 is 1.30 bits per heavy atom. The zero-order chi connectivity index (χ0) is 22.9. The zero-order valence-electron chi connectivity index (χ0n) is 18.5. The van der Waals surface area contributed by atoms with Gasteiger partial charge in [0.15, 0.2) is 5.13 Å². The highest BCUT2D eigenvalue weighted by atomic mass is 32.1. The Morgan fingerprint density at radius 2 is 2.15 bits per heavy atom. The second kappa shape index (κ2) is 9.21. The fourth-order valence-corrected chi connectivity index (χ4v) is 5.36. The molecule has 174 valence electrons. The minimum atomic E-state index is -0.757. The molecule has 9 heteroatoms. The first-order valence-corrected chi connectivity index (χ1v) is 12.3. The van der Waals surface area contributed by atoms with E-state index in [9.17, 15) is 14.3 Å². The van der Waals surface area contributed by atoms with E-state index in [1.807, 2.05) is 25.3 Å². The lowest BCUT2D eigenvalue weighted by molar-refractivity contribution is -0.143. The van der Waals surface area contributed by atoms with Gasteiger partial charge in [0.05, 0.1) is 40.5 Å². The third kappa shape index (κ3) is 5.24. The molecule has 1 unspecified atom stereocenters. The monoisotopic (exact) mass is 470 g/mol. The number of carboxylic acids is 1. The molecule has 0 aliphatic heterocycles. The van der Waals surface area contributed by atoms with Gasteiger partial charge in [0.25, 0.3) is 0 Å². The van der Waals surface area contributed by atoms with E-state index < -0.39 is 5.97 Å². The molecule has 0 amide bonds. The predicted octanol–water partition coefficient (Wildman–Crippen LogP) is 4.87. The van der Waals surface area contributed by atoms with Gasteiger partial charge in [0, 0.05) is 6.20 Å². The van der Waals surface area contributed by atoms with Gasteiger partial charge < -0.3 is 9.84 Å². The fraction of sp³-hybridized carbons (Fsp3) is 0.500. The number of hydrogen-bond donors (Lipinski definition) is 1. The number of thiophene rings is 1. The van der Waals surface area contributed by atoms with Crippen molar-refractivity contribution in [1.82, 2.24) is 20.0 Å². The molecule has 5 rings (SSSR count). The molecule has 0 radical (unpaired) electrons. The van der Waals surface area contributed by atoms with Crippen LogP contribution in [0, 0.1) is 23.9 Å². The van der Waals surface area contributed by atoms with Crippen molar-refractivity contribution in [3.8, 4) is 16.3 Å². The van der Waals surface area contributed by atoms with Crippen LogP contribution in [0.4, 0.5) is 4.39 Å². The quantitative estimate of drug-likeness (QED) is 0.505. The number of nitrogens with zero attached hydrogens (tertiary/aromatic N) is 4. The highest BCUT2D eigenvalue weighted by molar-refractivity contribution is 7.14. The van der Waals surface area contributed by atoms with Gasteiger partial charge in [-0.25, -0.2) is 9.67 Å². The molecule has 33 heavy (non-hydrogen) atoms. The molecule has 3 aromatic rings. The van der Waals surface area contributed by atoms with Gasteiger partial charge >= 0.3 is 5.97 Å². The highest BCUT2D eigenvalue weighted by Gasteiger charge is 2.28. The molecule has 2 saturated carbocycles. The number of halogens is 1. The van der Waals surface area contributed by atoms with Crippen molar-refractivity contribution in [2.45, 2.75) is 64.5 Å². The summed E-state index contributed by atoms with van der Waals surface area (Å²) in [5.74, 6) is 0.275. The predicted molar refractivity (Wildman–Crippen MR) is 122 cm³/mol. The number of hydrogen-bond acceptors (Lipinski definition) is 6. The third-order valence-electron chi connectivity index (χ3n) is 6.43. The molecule has 7 nitrogen and oxygen atoms in total. The molecular formula is C24H27FN4O3S. The van der Waals surface area contributed by atoms with Crippen LogP contribution in [0.25, 0.3) is 10.6 Å². The average molecular weight is 471 g/mol. The second-order valence-corrected chi connectivity index (χ2v) is 10.2. The Bertz CT molecular complexity index is 1160. The van der Waals surface area contributed by atoms with E-state index in [2.05, 4.69) is 15.3 Å². The van der Waals surface area contributed by atoms with Crippen LogP contribution in [-0.2, 0) is 17.8 Å². The normalized spacial score (nSPS) is 20.7. The van der Waals surface area contributed by atoms with Crippen molar-refractivity contribution in [3.63, 3.8) is 0 Å². The lowest BCUT2D eigenvalue weighted by Crippen LogP contribution is -2.29. The van der Waals surface area contributed by atoms with Crippen molar-refractivity contribution < 1.29 is 19.0 Å². The number of pyridine rings is 1. The summed E-state index contributed by atoms with van der Waals surface area (Å²) in [5.41, 5.74) is 3.20. The number of carbonyl (C=O) groups is 1. The van der Waals surface area contributed by atoms with Gasteiger partial charge in [0.2, 0.25) is 0 Å². The molecule has 0 spiro atoms. The number of aromatic nitrogens is 4. The summed E-state index contributed by atoms with van der Waals surface area (Å²) in [5, 5.41) is 17.5. The van der Waals surface area contributed by atoms with E-state index in [-0.39, 0.29) is 17.2 Å². The Morgan fingerprint density at radius 3 is 2.91 bits per heavy atom. The molecule has 1 N–H and O–H groups in total. The summed E-state index contributed by atoms with van der Waals surface area (Å²) in [4.78, 5) is 16.8. The lowest BCUT2D eigenvalue weighted by Gasteiger charge is -2.27. The zero-order valence-corrected chi connectivity index (χ0v) is 19.4. The van der Waals surface area contributed by atoms with Crippen molar-refractivity contribution in [1.29, 1.82) is 0 Å². The molecule has 0 aromatic carbocycles. The number of aryl methyl sites for hydroxylation is 1. The summed E-state index contributed by atoms with van der Waals surface area (Å²) in [7, 11) is 0. The number of carboxylic acid groups (broad SMARTS) is 1. The van der Waals surface area contributed by atoms with Crippen molar-refractivity contribution in [2.75, 3.05) is 0 Å². The summed E-state index contributed by atoms with van der Waals surface area (Å²) < 4.78 is 22.1. The minimum absolute atomic E-state index is 0.127. The third-order valence-corrected chi connectivity index (χ3v) is 7.42. The molecular weight excluding hydrogens is 443 g/mol. The molecule has 3 aromatic heterocycles. The van der Waals surface area contributed by atoms with Crippen LogP contribution >= 0.6 is 11.3 Å². The van der Waals surface area contributed by atoms with E-state index in [1.54, 1.807) is 4.68 Å². The highest BCUT2D eigenvalue weighted by Crippen LogP contribution is 2.35. The summed E-state index contributed by atoms with van der Waals surface area (Å²) in [6, 6.07) is 5.23. The summed E-state index contributed by atoms with van der Waals surface area (Å²) in [6.07, 6.45) is 8.20. The van der Waals surface area contributed by atoms with Crippen LogP contribution in [0.15, 0.2) is 24.4 Å². The SMILES string of the molecule is Cc1nc(-c2sc(F)cc2Cn2cc(CC3CC3)nn2)ccc1O[C@H]1CCCC(C(=O)O)C1. The van der Waals surface area contributed by atoms with E-state index in [0.29, 0.717) is 36.5 Å². The first-order valence-electron chi connectivity index (χ1n) is 11.5. The molecule has 2 aliphatic rings. The van der Waals surface area contributed by atoms with E-state index in [0.717, 1.165) is 52.7 Å². The summed E-state index contributed by atoms with van der Waals surface area (Å²) >= 11 is 1.07. The van der Waals surface area contributed by atoms with E-state index >= 15 is 0 Å². The average Bonchev–Trinajstić information content (AvgIpc) is 3.37. The first-order chi connectivity index (χ1) is 15.9. The number of rotatable bonds is 8. The largest absolute Gasteiger partial charge is 0.489 e. The molecule has 0 bridgehead atoms. The second-order valence-electron chi connectivity index (χ2n) is 9.18. The van der Waals surface area contributed by atoms with Crippen molar-refractivity contribution in [3.05, 3.63) is 46.5 Å². The van der Waals surface area contributed by atoms with Crippen LogP contribution < -0.4 is 4.74 Å². The Balaban J connectivity index is 1.31. The van der Waals surface area contributed by atoms with Crippen molar-refractivity contribution in [2.24, 2.45) is 11.8 Å². The smallest absolute Gasteiger partial charge is 0.306 e. The molecule has 2 fully saturated rings. The molecule has 3 heterocycles. The van der Waals surface area contributed by atoms with Gasteiger partial charge in [-0.15, -0.1) is 16.4 Å². The van der Waals surface area contributed by atoms with Crippen molar-refractivity contribution >= 4 is 17.3 Å². The molecule has 0 saturated heterocycles. The van der Waals surface area contributed by atoms with Crippen LogP contribution in [-0.4, -0.2) is 37.2 Å². The Kier molecular flexibility index (Phi) is 6.14. The standard InChI is InChI=1S/C24H27FN4O3S/c1-14-21(32-19-4-2-3-16(10-19)24(30)31)8-7-20(26-14)23-17(11-22(25)33-23)12-29-13-18(27-28-29)9-15-5-6-15/h7-8,11,13,15-16,19H,2-6,9-10,12H2,1H3,(H,30,31)/t16?,19-/m0/s1. The van der Waals surface area contributed by atoms with Crippen LogP contribution in [0.3, 0.4) is 0 Å². The maximum absolute atomic E-state index is 14.2. The van der Waals surface area contributed by atoms with E-state index in [4.69, 9.17) is 4.74 Å². The van der Waals surface area contributed by atoms with E-state index in [1.165, 1.54) is 18.9 Å². The molecule has 2 aliphatic carbocycles. The summed E-state index contributed by atoms with van der Waals surface area (Å²) in [6.45, 7) is 2.30. The van der Waals surface area contributed by atoms with Crippen LogP contribution in [0.5, 0.6) is 5.75 Å². The Hall–Kier alpha value is -2.81. The first kappa shape index (κ1) is 22.0. The maximum atomic E-state index is 14.2. The number of ether oxygens (including phenoxy) is 1. The lowest BCUT2D eigenvalue weighted by atomic mass is 9.87. The van der Waals surface area contributed by atoms with Gasteiger partial charge in [-0.1, -0.05) is 5.21 Å². The van der Waals surface area contributed by atoms with Gasteiger partial charge in [-0.2, -0.15) is 4.39 Å². The number of aliphatic carboxylic acids is 1. The van der Waals surface area contributed by atoms with Gasteiger partial charge in [-0.05, 0) is 81.5 Å². The molecule has 2 atom stereocenters. The van der Waals surface area contributed by atoms with Crippen LogP contribution in [0.1, 0.15) is 55.5 Å². The Labute approximate surface area is 195 Å². The minimum Gasteiger partial charge on any atom is -0.489 e. The van der Waals surface area contributed by atoms with Gasteiger partial charge in [-0.3, -0.25) is 4.79 Å². The topological polar surface area (TPSA) is 90.1 Å². The fourth-order valence-electron chi connectivity index (χ4n) is 4.49. The maximum Gasteiger partial charge on any atom is 0.306 e. The van der Waals surface area contributed by atoms with Gasteiger partial charge in [0.1, 0.15) is 5.75 Å². The van der Waals surface area contributed by atoms with Crippen LogP contribution in [0.2, 0.25) is 0 Å².